The van der Waals surface area contributed by atoms with Crippen LogP contribution in [0.1, 0.15) is 232 Å². The van der Waals surface area contributed by atoms with Crippen LogP contribution in [0.4, 0.5) is 0 Å². The number of aliphatic hydroxyl groups excluding tert-OH is 1. The van der Waals surface area contributed by atoms with Crippen LogP contribution in [-0.2, 0) is 23.9 Å². The van der Waals surface area contributed by atoms with Crippen LogP contribution >= 0.6 is 0 Å². The van der Waals surface area contributed by atoms with Crippen LogP contribution in [0.3, 0.4) is 0 Å². The van der Waals surface area contributed by atoms with Gasteiger partial charge in [-0.25, -0.2) is 0 Å². The van der Waals surface area contributed by atoms with Crippen LogP contribution < -0.4 is 11.1 Å². The Bertz CT molecular complexity index is 828. The third kappa shape index (κ3) is 38.4. The van der Waals surface area contributed by atoms with E-state index in [1.807, 2.05) is 0 Å². The molecule has 3 unspecified atom stereocenters. The Kier molecular flexibility index (Phi) is 38.7. The summed E-state index contributed by atoms with van der Waals surface area (Å²) in [6, 6.07) is -0.973. The predicted octanol–water partition coefficient (Wildman–Crippen LogP) is 11.1. The zero-order chi connectivity index (χ0) is 39.0. The van der Waals surface area contributed by atoms with Crippen LogP contribution in [0.2, 0.25) is 0 Å². The number of carboxylic acids is 1. The van der Waals surface area contributed by atoms with Gasteiger partial charge in [-0.1, -0.05) is 194 Å². The molecule has 0 aromatic carbocycles. The Morgan fingerprint density at radius 2 is 0.925 bits per heavy atom. The van der Waals surface area contributed by atoms with Gasteiger partial charge in [0.15, 0.2) is 6.29 Å². The van der Waals surface area contributed by atoms with E-state index in [9.17, 15) is 19.5 Å². The average molecular weight is 755 g/mol. The lowest BCUT2D eigenvalue weighted by Gasteiger charge is -2.21. The number of hydrogen-bond acceptors (Lipinski definition) is 7. The van der Waals surface area contributed by atoms with Crippen molar-refractivity contribution < 1.29 is 34.1 Å². The SMILES string of the molecule is CCCCCCCCCCCCCCCCCC(=O)OC(CNC(=O)C(N)CCC(=O)O)COC(O)CCCCCCCCCCCCCCCCC. The zero-order valence-electron chi connectivity index (χ0n) is 34.7. The van der Waals surface area contributed by atoms with E-state index in [4.69, 9.17) is 20.3 Å². The molecule has 9 heteroatoms. The minimum atomic E-state index is -1.02. The molecule has 9 nitrogen and oxygen atoms in total. The third-order valence-electron chi connectivity index (χ3n) is 10.3. The molecule has 3 atom stereocenters. The van der Waals surface area contributed by atoms with Crippen LogP contribution in [0.25, 0.3) is 0 Å². The Balaban J connectivity index is 4.22. The van der Waals surface area contributed by atoms with E-state index in [0.717, 1.165) is 38.5 Å². The van der Waals surface area contributed by atoms with Gasteiger partial charge in [-0.05, 0) is 25.7 Å². The molecule has 0 fully saturated rings. The standard InChI is InChI=1S/C44H86N2O7/c1-3-5-7-9-11-13-15-17-19-21-23-25-27-29-31-33-42(49)52-38-39(37-46-44(51)40(45)35-36-41(47)48)53-43(50)34-32-30-28-26-24-22-20-18-16-14-12-10-8-6-4-2/h39-40,42,49H,3-38,45H2,1-2H3,(H,46,51)(H,47,48). The van der Waals surface area contributed by atoms with Crippen molar-refractivity contribution >= 4 is 17.8 Å². The number of carbonyl (C=O) groups excluding carboxylic acids is 2. The summed E-state index contributed by atoms with van der Waals surface area (Å²) < 4.78 is 11.3. The molecule has 0 heterocycles. The molecule has 0 saturated heterocycles. The van der Waals surface area contributed by atoms with Gasteiger partial charge < -0.3 is 30.7 Å². The van der Waals surface area contributed by atoms with Gasteiger partial charge >= 0.3 is 11.9 Å². The highest BCUT2D eigenvalue weighted by Crippen LogP contribution is 2.16. The van der Waals surface area contributed by atoms with Gasteiger partial charge in [0.1, 0.15) is 6.10 Å². The molecule has 0 bridgehead atoms. The van der Waals surface area contributed by atoms with E-state index in [-0.39, 0.29) is 32.0 Å². The van der Waals surface area contributed by atoms with Gasteiger partial charge in [-0.15, -0.1) is 0 Å². The first-order chi connectivity index (χ1) is 25.8. The Morgan fingerprint density at radius 1 is 0.547 bits per heavy atom. The van der Waals surface area contributed by atoms with Gasteiger partial charge in [0, 0.05) is 12.8 Å². The monoisotopic (exact) mass is 755 g/mol. The van der Waals surface area contributed by atoms with E-state index in [2.05, 4.69) is 19.2 Å². The topological polar surface area (TPSA) is 148 Å². The highest BCUT2D eigenvalue weighted by atomic mass is 16.6. The van der Waals surface area contributed by atoms with Gasteiger partial charge in [0.25, 0.3) is 0 Å². The Morgan fingerprint density at radius 3 is 1.32 bits per heavy atom. The number of unbranched alkanes of at least 4 members (excludes halogenated alkanes) is 28. The van der Waals surface area contributed by atoms with Crippen molar-refractivity contribution in [3.63, 3.8) is 0 Å². The highest BCUT2D eigenvalue weighted by Gasteiger charge is 2.21. The lowest BCUT2D eigenvalue weighted by atomic mass is 10.0. The summed E-state index contributed by atoms with van der Waals surface area (Å²) in [6.07, 6.45) is 36.8. The maximum atomic E-state index is 12.7. The largest absolute Gasteiger partial charge is 0.481 e. The summed E-state index contributed by atoms with van der Waals surface area (Å²) in [5, 5.41) is 22.0. The number of hydrogen-bond donors (Lipinski definition) is 4. The molecule has 0 aromatic rings. The number of nitrogens with two attached hydrogens (primary N) is 1. The number of ether oxygens (including phenoxy) is 2. The highest BCUT2D eigenvalue weighted by molar-refractivity contribution is 5.82. The summed E-state index contributed by atoms with van der Waals surface area (Å²) in [7, 11) is 0. The van der Waals surface area contributed by atoms with E-state index < -0.39 is 30.3 Å². The molecule has 0 aliphatic heterocycles. The molecule has 0 rings (SSSR count). The second-order valence-corrected chi connectivity index (χ2v) is 15.6. The minimum Gasteiger partial charge on any atom is -0.481 e. The van der Waals surface area contributed by atoms with Crippen molar-refractivity contribution in [1.29, 1.82) is 0 Å². The predicted molar refractivity (Wildman–Crippen MR) is 219 cm³/mol. The zero-order valence-corrected chi connectivity index (χ0v) is 34.7. The number of esters is 1. The number of aliphatic hydroxyl groups is 1. The molecule has 0 radical (unpaired) electrons. The van der Waals surface area contributed by atoms with E-state index in [1.165, 1.54) is 154 Å². The molecular formula is C44H86N2O7. The Labute approximate surface area is 326 Å². The quantitative estimate of drug-likeness (QED) is 0.0273. The second kappa shape index (κ2) is 40.0. The van der Waals surface area contributed by atoms with E-state index in [1.54, 1.807) is 0 Å². The van der Waals surface area contributed by atoms with Crippen molar-refractivity contribution in [1.82, 2.24) is 5.32 Å². The third-order valence-corrected chi connectivity index (χ3v) is 10.3. The fourth-order valence-corrected chi connectivity index (χ4v) is 6.77. The van der Waals surface area contributed by atoms with Gasteiger partial charge in [0.05, 0.1) is 19.2 Å². The molecule has 0 aliphatic rings. The van der Waals surface area contributed by atoms with Crippen molar-refractivity contribution in [3.8, 4) is 0 Å². The summed E-state index contributed by atoms with van der Waals surface area (Å²) in [5.74, 6) is -1.88. The molecule has 314 valence electrons. The second-order valence-electron chi connectivity index (χ2n) is 15.6. The fourth-order valence-electron chi connectivity index (χ4n) is 6.77. The van der Waals surface area contributed by atoms with Crippen LogP contribution in [0.15, 0.2) is 0 Å². The number of aliphatic carboxylic acids is 1. The summed E-state index contributed by atoms with van der Waals surface area (Å²) >= 11 is 0. The number of nitrogens with one attached hydrogen (secondary N) is 1. The molecule has 53 heavy (non-hydrogen) atoms. The molecule has 5 N–H and O–H groups in total. The smallest absolute Gasteiger partial charge is 0.306 e. The van der Waals surface area contributed by atoms with Crippen molar-refractivity contribution in [2.45, 2.75) is 251 Å². The summed E-state index contributed by atoms with van der Waals surface area (Å²) in [6.45, 7) is 4.46. The molecule has 1 amide bonds. The molecule has 0 spiro atoms. The van der Waals surface area contributed by atoms with Gasteiger partial charge in [-0.2, -0.15) is 0 Å². The molecule has 0 aromatic heterocycles. The van der Waals surface area contributed by atoms with Crippen molar-refractivity contribution in [2.75, 3.05) is 13.2 Å². The maximum Gasteiger partial charge on any atom is 0.306 e. The lowest BCUT2D eigenvalue weighted by Crippen LogP contribution is -2.45. The van der Waals surface area contributed by atoms with Crippen molar-refractivity contribution in [2.24, 2.45) is 5.73 Å². The fraction of sp³-hybridized carbons (Fsp3) is 0.932. The maximum absolute atomic E-state index is 12.7. The first kappa shape index (κ1) is 51.3. The number of rotatable bonds is 42. The van der Waals surface area contributed by atoms with Crippen LogP contribution in [0.5, 0.6) is 0 Å². The Hall–Kier alpha value is -1.71. The van der Waals surface area contributed by atoms with E-state index >= 15 is 0 Å². The normalized spacial score (nSPS) is 13.1. The molecule has 0 aliphatic carbocycles. The van der Waals surface area contributed by atoms with Gasteiger partial charge in [0.2, 0.25) is 5.91 Å². The van der Waals surface area contributed by atoms with Gasteiger partial charge in [-0.3, -0.25) is 14.4 Å². The van der Waals surface area contributed by atoms with Crippen molar-refractivity contribution in [3.05, 3.63) is 0 Å². The lowest BCUT2D eigenvalue weighted by molar-refractivity contribution is -0.163. The molecular weight excluding hydrogens is 668 g/mol. The summed E-state index contributed by atoms with van der Waals surface area (Å²) in [4.78, 5) is 35.9. The van der Waals surface area contributed by atoms with Crippen LogP contribution in [-0.4, -0.2) is 59.6 Å². The number of carbonyl (C=O) groups is 3. The first-order valence-electron chi connectivity index (χ1n) is 22.5. The van der Waals surface area contributed by atoms with Crippen LogP contribution in [0, 0.1) is 0 Å². The average Bonchev–Trinajstić information content (AvgIpc) is 3.14. The number of amides is 1. The van der Waals surface area contributed by atoms with E-state index in [0.29, 0.717) is 12.8 Å². The summed E-state index contributed by atoms with van der Waals surface area (Å²) in [5.41, 5.74) is 5.84. The first-order valence-corrected chi connectivity index (χ1v) is 22.5. The number of carboxylic acid groups (broad SMARTS) is 1. The molecule has 0 saturated carbocycles. The minimum absolute atomic E-state index is 0.0132.